The molecule has 108 valence electrons. The molecule has 2 amide bonds. The lowest BCUT2D eigenvalue weighted by Crippen LogP contribution is -2.28. The Morgan fingerprint density at radius 1 is 1.20 bits per heavy atom. The molecule has 0 aliphatic heterocycles. The van der Waals surface area contributed by atoms with Gasteiger partial charge in [0.25, 0.3) is 0 Å². The van der Waals surface area contributed by atoms with E-state index in [1.165, 1.54) is 0 Å². The van der Waals surface area contributed by atoms with Gasteiger partial charge in [0.15, 0.2) is 0 Å². The molecule has 4 nitrogen and oxygen atoms in total. The van der Waals surface area contributed by atoms with Crippen LogP contribution in [0.25, 0.3) is 0 Å². The molecular weight excluding hydrogens is 320 g/mol. The smallest absolute Gasteiger partial charge is 0.228 e. The van der Waals surface area contributed by atoms with E-state index in [9.17, 15) is 9.59 Å². The second kappa shape index (κ2) is 6.88. The van der Waals surface area contributed by atoms with E-state index < -0.39 is 0 Å². The Balaban J connectivity index is 1.78. The lowest BCUT2D eigenvalue weighted by molar-refractivity contribution is -0.125. The summed E-state index contributed by atoms with van der Waals surface area (Å²) in [7, 11) is 0. The number of unbranched alkanes of at least 4 members (excludes halogenated alkanes) is 1. The van der Waals surface area contributed by atoms with Crippen LogP contribution in [-0.2, 0) is 9.59 Å². The van der Waals surface area contributed by atoms with Crippen molar-refractivity contribution in [2.45, 2.75) is 26.2 Å². The summed E-state index contributed by atoms with van der Waals surface area (Å²) >= 11 is 3.35. The van der Waals surface area contributed by atoms with Gasteiger partial charge in [0.05, 0.1) is 11.8 Å². The van der Waals surface area contributed by atoms with E-state index in [1.807, 2.05) is 24.3 Å². The number of hydrogen-bond acceptors (Lipinski definition) is 2. The maximum Gasteiger partial charge on any atom is 0.228 e. The maximum absolute atomic E-state index is 12.0. The molecule has 1 fully saturated rings. The topological polar surface area (TPSA) is 58.2 Å². The van der Waals surface area contributed by atoms with Gasteiger partial charge in [0.1, 0.15) is 0 Å². The van der Waals surface area contributed by atoms with E-state index in [0.717, 1.165) is 23.0 Å². The van der Waals surface area contributed by atoms with Gasteiger partial charge in [0, 0.05) is 16.7 Å². The normalized spacial score (nSPS) is 20.3. The lowest BCUT2D eigenvalue weighted by Gasteiger charge is -2.06. The Labute approximate surface area is 127 Å². The number of carbonyl (C=O) groups excluding carboxylic acids is 2. The molecule has 1 aromatic rings. The van der Waals surface area contributed by atoms with Crippen molar-refractivity contribution in [2.75, 3.05) is 11.9 Å². The summed E-state index contributed by atoms with van der Waals surface area (Å²) in [5.74, 6) is -0.389. The molecule has 5 heteroatoms. The molecule has 0 bridgehead atoms. The molecule has 1 aliphatic rings. The van der Waals surface area contributed by atoms with Crippen molar-refractivity contribution in [1.29, 1.82) is 0 Å². The lowest BCUT2D eigenvalue weighted by atomic mass is 10.2. The molecule has 0 saturated heterocycles. The van der Waals surface area contributed by atoms with E-state index in [2.05, 4.69) is 33.5 Å². The monoisotopic (exact) mass is 338 g/mol. The predicted molar refractivity (Wildman–Crippen MR) is 82.3 cm³/mol. The van der Waals surface area contributed by atoms with Crippen molar-refractivity contribution in [3.63, 3.8) is 0 Å². The van der Waals surface area contributed by atoms with Crippen molar-refractivity contribution < 1.29 is 9.59 Å². The minimum atomic E-state index is -0.180. The number of rotatable bonds is 6. The predicted octanol–water partition coefficient (Wildman–Crippen LogP) is 2.94. The van der Waals surface area contributed by atoms with Crippen LogP contribution in [0.5, 0.6) is 0 Å². The quantitative estimate of drug-likeness (QED) is 0.783. The molecule has 1 aromatic carbocycles. The van der Waals surface area contributed by atoms with Crippen molar-refractivity contribution in [3.05, 3.63) is 28.7 Å². The van der Waals surface area contributed by atoms with Crippen LogP contribution in [0.4, 0.5) is 5.69 Å². The van der Waals surface area contributed by atoms with Gasteiger partial charge in [-0.1, -0.05) is 29.3 Å². The SMILES string of the molecule is CCCCNC(=O)C1CC1C(=O)Nc1ccc(Br)cc1. The first kappa shape index (κ1) is 15.0. The molecule has 20 heavy (non-hydrogen) atoms. The van der Waals surface area contributed by atoms with Gasteiger partial charge in [-0.2, -0.15) is 0 Å². The number of halogens is 1. The second-order valence-corrected chi connectivity index (χ2v) is 6.01. The van der Waals surface area contributed by atoms with E-state index in [-0.39, 0.29) is 23.7 Å². The zero-order chi connectivity index (χ0) is 14.5. The average Bonchev–Trinajstić information content (AvgIpc) is 3.22. The number of carbonyl (C=O) groups is 2. The minimum absolute atomic E-state index is 0.00871. The Morgan fingerprint density at radius 2 is 1.85 bits per heavy atom. The Bertz CT molecular complexity index is 487. The first-order chi connectivity index (χ1) is 9.61. The number of amides is 2. The molecule has 2 N–H and O–H groups in total. The Kier molecular flexibility index (Phi) is 5.17. The summed E-state index contributed by atoms with van der Waals surface area (Å²) in [5, 5.41) is 5.72. The highest BCUT2D eigenvalue weighted by Gasteiger charge is 2.47. The fourth-order valence-corrected chi connectivity index (χ4v) is 2.33. The summed E-state index contributed by atoms with van der Waals surface area (Å²) in [4.78, 5) is 23.8. The van der Waals surface area contributed by atoms with Crippen molar-refractivity contribution in [1.82, 2.24) is 5.32 Å². The zero-order valence-corrected chi connectivity index (χ0v) is 13.1. The minimum Gasteiger partial charge on any atom is -0.356 e. The van der Waals surface area contributed by atoms with Gasteiger partial charge >= 0.3 is 0 Å². The summed E-state index contributed by atoms with van der Waals surface area (Å²) in [5.41, 5.74) is 0.759. The maximum atomic E-state index is 12.0. The van der Waals surface area contributed by atoms with Crippen LogP contribution in [0, 0.1) is 11.8 Å². The molecule has 0 aromatic heterocycles. The first-order valence-corrected chi connectivity index (χ1v) is 7.75. The van der Waals surface area contributed by atoms with Crippen molar-refractivity contribution in [2.24, 2.45) is 11.8 Å². The van der Waals surface area contributed by atoms with Gasteiger partial charge in [-0.3, -0.25) is 9.59 Å². The molecule has 2 rings (SSSR count). The molecule has 0 spiro atoms. The van der Waals surface area contributed by atoms with Crippen molar-refractivity contribution in [3.8, 4) is 0 Å². The van der Waals surface area contributed by atoms with Crippen LogP contribution in [0.2, 0.25) is 0 Å². The van der Waals surface area contributed by atoms with Crippen LogP contribution in [-0.4, -0.2) is 18.4 Å². The van der Waals surface area contributed by atoms with E-state index >= 15 is 0 Å². The van der Waals surface area contributed by atoms with E-state index in [4.69, 9.17) is 0 Å². The van der Waals surface area contributed by atoms with Gasteiger partial charge in [-0.05, 0) is 37.1 Å². The summed E-state index contributed by atoms with van der Waals surface area (Å²) in [6, 6.07) is 7.41. The third-order valence-corrected chi connectivity index (χ3v) is 3.93. The van der Waals surface area contributed by atoms with E-state index in [1.54, 1.807) is 0 Å². The van der Waals surface area contributed by atoms with Gasteiger partial charge in [-0.25, -0.2) is 0 Å². The molecule has 0 heterocycles. The standard InChI is InChI=1S/C15H19BrN2O2/c1-2-3-8-17-14(19)12-9-13(12)15(20)18-11-6-4-10(16)5-7-11/h4-7,12-13H,2-3,8-9H2,1H3,(H,17,19)(H,18,20). The summed E-state index contributed by atoms with van der Waals surface area (Å²) < 4.78 is 0.968. The van der Waals surface area contributed by atoms with Crippen LogP contribution >= 0.6 is 15.9 Å². The van der Waals surface area contributed by atoms with Crippen LogP contribution < -0.4 is 10.6 Å². The van der Waals surface area contributed by atoms with Gasteiger partial charge < -0.3 is 10.6 Å². The molecule has 1 aliphatic carbocycles. The highest BCUT2D eigenvalue weighted by Crippen LogP contribution is 2.39. The molecule has 0 radical (unpaired) electrons. The fourth-order valence-electron chi connectivity index (χ4n) is 2.06. The van der Waals surface area contributed by atoms with Gasteiger partial charge in [0.2, 0.25) is 11.8 Å². The largest absolute Gasteiger partial charge is 0.356 e. The highest BCUT2D eigenvalue weighted by molar-refractivity contribution is 9.10. The first-order valence-electron chi connectivity index (χ1n) is 6.96. The zero-order valence-electron chi connectivity index (χ0n) is 11.5. The van der Waals surface area contributed by atoms with Gasteiger partial charge in [-0.15, -0.1) is 0 Å². The van der Waals surface area contributed by atoms with Crippen LogP contribution in [0.15, 0.2) is 28.7 Å². The molecule has 1 saturated carbocycles. The number of benzene rings is 1. The third kappa shape index (κ3) is 4.07. The Morgan fingerprint density at radius 3 is 2.50 bits per heavy atom. The average molecular weight is 339 g/mol. The van der Waals surface area contributed by atoms with E-state index in [0.29, 0.717) is 13.0 Å². The number of hydrogen-bond donors (Lipinski definition) is 2. The highest BCUT2D eigenvalue weighted by atomic mass is 79.9. The summed E-state index contributed by atoms with van der Waals surface area (Å²) in [6.07, 6.45) is 2.69. The van der Waals surface area contributed by atoms with Crippen molar-refractivity contribution >= 4 is 33.4 Å². The summed E-state index contributed by atoms with van der Waals surface area (Å²) in [6.45, 7) is 2.78. The number of nitrogens with one attached hydrogen (secondary N) is 2. The molecular formula is C15H19BrN2O2. The number of anilines is 1. The second-order valence-electron chi connectivity index (χ2n) is 5.09. The molecule has 2 unspecified atom stereocenters. The van der Waals surface area contributed by atoms with Crippen LogP contribution in [0.1, 0.15) is 26.2 Å². The molecule has 2 atom stereocenters. The third-order valence-electron chi connectivity index (χ3n) is 3.41. The Hall–Kier alpha value is -1.36. The fraction of sp³-hybridized carbons (Fsp3) is 0.467. The van der Waals surface area contributed by atoms with Crippen LogP contribution in [0.3, 0.4) is 0 Å².